The molecule has 0 fully saturated rings. The van der Waals surface area contributed by atoms with Gasteiger partial charge in [-0.05, 0) is 19.8 Å². The molecule has 0 aromatic carbocycles. The van der Waals surface area contributed by atoms with Gasteiger partial charge in [-0.2, -0.15) is 5.10 Å². The Morgan fingerprint density at radius 3 is 2.71 bits per heavy atom. The summed E-state index contributed by atoms with van der Waals surface area (Å²) in [5.41, 5.74) is 0. The van der Waals surface area contributed by atoms with E-state index in [-0.39, 0.29) is 11.9 Å². The van der Waals surface area contributed by atoms with Crippen LogP contribution in [0, 0.1) is 0 Å². The minimum atomic E-state index is -0.332. The Balaban J connectivity index is 2.77. The molecule has 1 atom stereocenters. The Morgan fingerprint density at radius 1 is 1.35 bits per heavy atom. The van der Waals surface area contributed by atoms with Crippen molar-refractivity contribution in [2.24, 2.45) is 0 Å². The van der Waals surface area contributed by atoms with E-state index in [9.17, 15) is 4.79 Å². The second-order valence-corrected chi connectivity index (χ2v) is 3.98. The van der Waals surface area contributed by atoms with Crippen molar-refractivity contribution in [1.82, 2.24) is 15.2 Å². The smallest absolute Gasteiger partial charge is 0.316 e. The van der Waals surface area contributed by atoms with E-state index in [1.807, 2.05) is 6.92 Å². The van der Waals surface area contributed by atoms with Gasteiger partial charge in [-0.3, -0.25) is 9.89 Å². The number of carbonyl (C=O) groups excluding carboxylic acids is 1. The van der Waals surface area contributed by atoms with Crippen molar-refractivity contribution in [3.8, 4) is 0 Å². The molecular weight excluding hydrogens is 218 g/mol. The minimum Gasteiger partial charge on any atom is -0.465 e. The number of nitrogens with zero attached hydrogens (tertiary/aromatic N) is 2. The van der Waals surface area contributed by atoms with E-state index in [0.717, 1.165) is 31.5 Å². The van der Waals surface area contributed by atoms with Gasteiger partial charge in [-0.15, -0.1) is 0 Å². The molecule has 1 unspecified atom stereocenters. The maximum atomic E-state index is 11.8. The molecule has 96 valence electrons. The molecule has 0 saturated heterocycles. The molecule has 0 amide bonds. The third-order valence-electron chi connectivity index (χ3n) is 2.50. The second kappa shape index (κ2) is 7.04. The third kappa shape index (κ3) is 3.84. The van der Waals surface area contributed by atoms with E-state index >= 15 is 0 Å². The lowest BCUT2D eigenvalue weighted by molar-refractivity contribution is -0.145. The third-order valence-corrected chi connectivity index (χ3v) is 2.50. The standard InChI is InChI=1S/C12H21N3O2/c1-4-7-9(12(16)17-6-3)11-13-10(8-5-2)14-15-11/h9H,4-8H2,1-3H3,(H,13,14,15). The highest BCUT2D eigenvalue weighted by atomic mass is 16.5. The zero-order valence-corrected chi connectivity index (χ0v) is 10.8. The number of ether oxygens (including phenoxy) is 1. The fourth-order valence-corrected chi connectivity index (χ4v) is 1.70. The summed E-state index contributed by atoms with van der Waals surface area (Å²) in [6.45, 7) is 6.32. The van der Waals surface area contributed by atoms with E-state index in [1.54, 1.807) is 6.92 Å². The average Bonchev–Trinajstić information content (AvgIpc) is 2.75. The molecule has 0 radical (unpaired) electrons. The molecule has 0 aliphatic heterocycles. The normalized spacial score (nSPS) is 12.4. The van der Waals surface area contributed by atoms with Crippen LogP contribution in [0.5, 0.6) is 0 Å². The van der Waals surface area contributed by atoms with E-state index in [4.69, 9.17) is 4.74 Å². The highest BCUT2D eigenvalue weighted by Gasteiger charge is 2.25. The molecule has 0 saturated carbocycles. The first-order valence-electron chi connectivity index (χ1n) is 6.30. The van der Waals surface area contributed by atoms with Crippen molar-refractivity contribution in [3.05, 3.63) is 11.6 Å². The maximum absolute atomic E-state index is 11.8. The van der Waals surface area contributed by atoms with Crippen LogP contribution in [0.1, 0.15) is 57.6 Å². The summed E-state index contributed by atoms with van der Waals surface area (Å²) >= 11 is 0. The number of carbonyl (C=O) groups is 1. The van der Waals surface area contributed by atoms with Gasteiger partial charge in [0, 0.05) is 6.42 Å². The van der Waals surface area contributed by atoms with Crippen LogP contribution in [0.3, 0.4) is 0 Å². The first kappa shape index (κ1) is 13.7. The number of aromatic nitrogens is 3. The van der Waals surface area contributed by atoms with Gasteiger partial charge >= 0.3 is 5.97 Å². The highest BCUT2D eigenvalue weighted by Crippen LogP contribution is 2.19. The number of H-pyrrole nitrogens is 1. The van der Waals surface area contributed by atoms with E-state index < -0.39 is 0 Å². The van der Waals surface area contributed by atoms with E-state index in [1.165, 1.54) is 0 Å². The van der Waals surface area contributed by atoms with Gasteiger partial charge < -0.3 is 4.74 Å². The van der Waals surface area contributed by atoms with Gasteiger partial charge in [0.05, 0.1) is 6.61 Å². The monoisotopic (exact) mass is 239 g/mol. The van der Waals surface area contributed by atoms with Crippen LogP contribution in [-0.2, 0) is 16.0 Å². The van der Waals surface area contributed by atoms with Gasteiger partial charge in [0.15, 0.2) is 5.82 Å². The highest BCUT2D eigenvalue weighted by molar-refractivity contribution is 5.76. The van der Waals surface area contributed by atoms with Crippen molar-refractivity contribution in [3.63, 3.8) is 0 Å². The lowest BCUT2D eigenvalue weighted by Gasteiger charge is -2.10. The molecule has 0 aliphatic carbocycles. The lowest BCUT2D eigenvalue weighted by Crippen LogP contribution is -2.17. The van der Waals surface area contributed by atoms with Crippen LogP contribution >= 0.6 is 0 Å². The Kier molecular flexibility index (Phi) is 5.66. The maximum Gasteiger partial charge on any atom is 0.316 e. The molecule has 1 rings (SSSR count). The molecular formula is C12H21N3O2. The average molecular weight is 239 g/mol. The van der Waals surface area contributed by atoms with Gasteiger partial charge in [-0.1, -0.05) is 20.3 Å². The summed E-state index contributed by atoms with van der Waals surface area (Å²) in [4.78, 5) is 16.1. The Bertz CT molecular complexity index is 349. The fraction of sp³-hybridized carbons (Fsp3) is 0.750. The van der Waals surface area contributed by atoms with Crippen LogP contribution in [-0.4, -0.2) is 27.8 Å². The molecule has 17 heavy (non-hydrogen) atoms. The lowest BCUT2D eigenvalue weighted by atomic mass is 10.0. The summed E-state index contributed by atoms with van der Waals surface area (Å²) in [7, 11) is 0. The van der Waals surface area contributed by atoms with Crippen LogP contribution in [0.2, 0.25) is 0 Å². The molecule has 1 heterocycles. The fourth-order valence-electron chi connectivity index (χ4n) is 1.70. The van der Waals surface area contributed by atoms with Crippen molar-refractivity contribution in [1.29, 1.82) is 0 Å². The Labute approximate surface area is 102 Å². The van der Waals surface area contributed by atoms with Crippen molar-refractivity contribution >= 4 is 5.97 Å². The number of aromatic amines is 1. The molecule has 0 aliphatic rings. The van der Waals surface area contributed by atoms with Crippen LogP contribution in [0.15, 0.2) is 0 Å². The summed E-state index contributed by atoms with van der Waals surface area (Å²) in [6.07, 6.45) is 3.49. The van der Waals surface area contributed by atoms with Gasteiger partial charge in [0.1, 0.15) is 11.7 Å². The molecule has 1 aromatic rings. The molecule has 1 N–H and O–H groups in total. The number of rotatable bonds is 7. The summed E-state index contributed by atoms with van der Waals surface area (Å²) in [5, 5.41) is 6.99. The number of aryl methyl sites for hydroxylation is 1. The molecule has 5 nitrogen and oxygen atoms in total. The molecule has 0 bridgehead atoms. The number of nitrogens with one attached hydrogen (secondary N) is 1. The predicted molar refractivity (Wildman–Crippen MR) is 64.7 cm³/mol. The Hall–Kier alpha value is -1.39. The van der Waals surface area contributed by atoms with Gasteiger partial charge in [0.25, 0.3) is 0 Å². The number of esters is 1. The quantitative estimate of drug-likeness (QED) is 0.741. The summed E-state index contributed by atoms with van der Waals surface area (Å²) < 4.78 is 5.05. The SMILES string of the molecule is CCCc1nc(C(CCC)C(=O)OCC)n[nH]1. The largest absolute Gasteiger partial charge is 0.465 e. The summed E-state index contributed by atoms with van der Waals surface area (Å²) in [6, 6.07) is 0. The van der Waals surface area contributed by atoms with E-state index in [2.05, 4.69) is 22.1 Å². The molecule has 0 spiro atoms. The first-order chi connectivity index (χ1) is 8.22. The molecule has 5 heteroatoms. The summed E-state index contributed by atoms with van der Waals surface area (Å²) in [5.74, 6) is 0.847. The van der Waals surface area contributed by atoms with Crippen LogP contribution in [0.4, 0.5) is 0 Å². The predicted octanol–water partition coefficient (Wildman–Crippen LogP) is 2.20. The van der Waals surface area contributed by atoms with E-state index in [0.29, 0.717) is 12.4 Å². The van der Waals surface area contributed by atoms with Crippen molar-refractivity contribution in [2.75, 3.05) is 6.61 Å². The van der Waals surface area contributed by atoms with Gasteiger partial charge in [0.2, 0.25) is 0 Å². The topological polar surface area (TPSA) is 67.9 Å². The zero-order valence-electron chi connectivity index (χ0n) is 10.8. The number of hydrogen-bond donors (Lipinski definition) is 1. The minimum absolute atomic E-state index is 0.226. The Morgan fingerprint density at radius 2 is 2.12 bits per heavy atom. The van der Waals surface area contributed by atoms with Crippen molar-refractivity contribution in [2.45, 2.75) is 52.4 Å². The zero-order chi connectivity index (χ0) is 12.7. The number of hydrogen-bond acceptors (Lipinski definition) is 4. The van der Waals surface area contributed by atoms with Gasteiger partial charge in [-0.25, -0.2) is 4.98 Å². The van der Waals surface area contributed by atoms with Crippen LogP contribution in [0.25, 0.3) is 0 Å². The second-order valence-electron chi connectivity index (χ2n) is 3.98. The molecule has 1 aromatic heterocycles. The van der Waals surface area contributed by atoms with Crippen molar-refractivity contribution < 1.29 is 9.53 Å². The van der Waals surface area contributed by atoms with Crippen LogP contribution < -0.4 is 0 Å². The first-order valence-corrected chi connectivity index (χ1v) is 6.30.